The van der Waals surface area contributed by atoms with E-state index in [9.17, 15) is 16.8 Å². The van der Waals surface area contributed by atoms with Gasteiger partial charge in [-0.05, 0) is 110 Å². The molecule has 0 radical (unpaired) electrons. The average molecular weight is 625 g/mol. The van der Waals surface area contributed by atoms with Gasteiger partial charge in [0.15, 0.2) is 0 Å². The fourth-order valence-electron chi connectivity index (χ4n) is 4.01. The van der Waals surface area contributed by atoms with Gasteiger partial charge in [0.2, 0.25) is 19.7 Å². The van der Waals surface area contributed by atoms with Crippen molar-refractivity contribution in [3.63, 3.8) is 0 Å². The SMILES string of the molecule is CCCOc1ccc(S(=O)(=O)c2ccc(OCCCOc3ccc(S(=O)(=O)c4ccc(OCCC)cc4)cc3)cc2)cc1. The van der Waals surface area contributed by atoms with Gasteiger partial charge < -0.3 is 18.9 Å². The van der Waals surface area contributed by atoms with Crippen LogP contribution in [0.1, 0.15) is 33.1 Å². The molecule has 8 nitrogen and oxygen atoms in total. The Bertz CT molecular complexity index is 1520. The van der Waals surface area contributed by atoms with Crippen LogP contribution in [0.4, 0.5) is 0 Å². The summed E-state index contributed by atoms with van der Waals surface area (Å²) in [7, 11) is -7.32. The molecule has 0 bridgehead atoms. The van der Waals surface area contributed by atoms with Crippen LogP contribution in [-0.4, -0.2) is 43.3 Å². The first-order chi connectivity index (χ1) is 20.7. The molecule has 0 fully saturated rings. The summed E-state index contributed by atoms with van der Waals surface area (Å²) < 4.78 is 74.4. The van der Waals surface area contributed by atoms with E-state index in [1.165, 1.54) is 24.3 Å². The smallest absolute Gasteiger partial charge is 0.206 e. The van der Waals surface area contributed by atoms with E-state index in [0.29, 0.717) is 55.8 Å². The Hall–Kier alpha value is -4.02. The van der Waals surface area contributed by atoms with E-state index >= 15 is 0 Å². The number of hydrogen-bond donors (Lipinski definition) is 0. The van der Waals surface area contributed by atoms with Crippen LogP contribution in [0.2, 0.25) is 0 Å². The number of sulfone groups is 2. The Labute approximate surface area is 254 Å². The predicted molar refractivity (Wildman–Crippen MR) is 164 cm³/mol. The highest BCUT2D eigenvalue weighted by Gasteiger charge is 2.19. The summed E-state index contributed by atoms with van der Waals surface area (Å²) in [4.78, 5) is 0.737. The van der Waals surface area contributed by atoms with Crippen molar-refractivity contribution >= 4 is 19.7 Å². The molecule has 0 aliphatic rings. The third-order valence-electron chi connectivity index (χ3n) is 6.31. The highest BCUT2D eigenvalue weighted by molar-refractivity contribution is 7.91. The molecule has 228 valence electrons. The van der Waals surface area contributed by atoms with Crippen LogP contribution >= 0.6 is 0 Å². The highest BCUT2D eigenvalue weighted by atomic mass is 32.2. The molecule has 4 aromatic carbocycles. The molecule has 0 saturated carbocycles. The molecule has 0 N–H and O–H groups in total. The third-order valence-corrected chi connectivity index (χ3v) is 9.88. The summed E-state index contributed by atoms with van der Waals surface area (Å²) in [5, 5.41) is 0. The van der Waals surface area contributed by atoms with E-state index in [1.54, 1.807) is 72.8 Å². The quantitative estimate of drug-likeness (QED) is 0.126. The molecule has 0 aromatic heterocycles. The van der Waals surface area contributed by atoms with Crippen LogP contribution in [-0.2, 0) is 19.7 Å². The molecule has 4 aromatic rings. The molecule has 0 aliphatic carbocycles. The van der Waals surface area contributed by atoms with E-state index in [2.05, 4.69) is 0 Å². The molecule has 4 rings (SSSR count). The Kier molecular flexibility index (Phi) is 11.1. The molecular formula is C33H36O8S2. The van der Waals surface area contributed by atoms with Crippen LogP contribution in [0.25, 0.3) is 0 Å². The maximum Gasteiger partial charge on any atom is 0.206 e. The van der Waals surface area contributed by atoms with Gasteiger partial charge in [-0.3, -0.25) is 0 Å². The molecule has 0 aliphatic heterocycles. The predicted octanol–water partition coefficient (Wildman–Crippen LogP) is 6.78. The minimum absolute atomic E-state index is 0.175. The molecule has 0 amide bonds. The standard InChI is InChI=1S/C33H36O8S2/c1-3-22-38-26-6-14-30(15-7-26)42(34,35)32-18-10-28(11-19-32)40-24-5-25-41-29-12-20-33(21-13-29)43(36,37)31-16-8-27(9-17-31)39-23-4-2/h6-21H,3-5,22-25H2,1-2H3. The van der Waals surface area contributed by atoms with Gasteiger partial charge >= 0.3 is 0 Å². The lowest BCUT2D eigenvalue weighted by Crippen LogP contribution is -2.06. The Morgan fingerprint density at radius 1 is 0.395 bits per heavy atom. The maximum absolute atomic E-state index is 13.0. The van der Waals surface area contributed by atoms with Gasteiger partial charge in [-0.2, -0.15) is 0 Å². The molecule has 0 heterocycles. The summed E-state index contributed by atoms with van der Waals surface area (Å²) in [5.74, 6) is 2.35. The van der Waals surface area contributed by atoms with Crippen molar-refractivity contribution in [3.05, 3.63) is 97.1 Å². The van der Waals surface area contributed by atoms with Gasteiger partial charge in [-0.15, -0.1) is 0 Å². The zero-order valence-corrected chi connectivity index (χ0v) is 25.9. The zero-order valence-electron chi connectivity index (χ0n) is 24.3. The average Bonchev–Trinajstić information content (AvgIpc) is 3.03. The largest absolute Gasteiger partial charge is 0.494 e. The second-order valence-corrected chi connectivity index (χ2v) is 13.5. The van der Waals surface area contributed by atoms with Gasteiger partial charge in [0.1, 0.15) is 23.0 Å². The van der Waals surface area contributed by atoms with E-state index in [4.69, 9.17) is 18.9 Å². The normalized spacial score (nSPS) is 11.6. The number of hydrogen-bond acceptors (Lipinski definition) is 8. The number of benzene rings is 4. The summed E-state index contributed by atoms with van der Waals surface area (Å²) in [6, 6.07) is 25.4. The van der Waals surface area contributed by atoms with Crippen molar-refractivity contribution in [1.82, 2.24) is 0 Å². The highest BCUT2D eigenvalue weighted by Crippen LogP contribution is 2.26. The maximum atomic E-state index is 13.0. The molecular weight excluding hydrogens is 588 g/mol. The molecule has 0 spiro atoms. The van der Waals surface area contributed by atoms with Crippen LogP contribution in [0.5, 0.6) is 23.0 Å². The fraction of sp³-hybridized carbons (Fsp3) is 0.273. The van der Waals surface area contributed by atoms with Gasteiger partial charge in [0.05, 0.1) is 46.0 Å². The van der Waals surface area contributed by atoms with Crippen LogP contribution < -0.4 is 18.9 Å². The first kappa shape index (κ1) is 31.9. The van der Waals surface area contributed by atoms with Gasteiger partial charge in [0, 0.05) is 6.42 Å². The molecule has 10 heteroatoms. The van der Waals surface area contributed by atoms with Crippen molar-refractivity contribution in [2.45, 2.75) is 52.7 Å². The van der Waals surface area contributed by atoms with Crippen molar-refractivity contribution < 1.29 is 35.8 Å². The van der Waals surface area contributed by atoms with Crippen molar-refractivity contribution in [3.8, 4) is 23.0 Å². The molecule has 0 unspecified atom stereocenters. The van der Waals surface area contributed by atoms with Crippen LogP contribution in [0.15, 0.2) is 117 Å². The van der Waals surface area contributed by atoms with Crippen LogP contribution in [0.3, 0.4) is 0 Å². The van der Waals surface area contributed by atoms with E-state index < -0.39 is 19.7 Å². The van der Waals surface area contributed by atoms with Gasteiger partial charge in [0.25, 0.3) is 0 Å². The summed E-state index contributed by atoms with van der Waals surface area (Å²) in [6.07, 6.45) is 2.31. The fourth-order valence-corrected chi connectivity index (χ4v) is 6.53. The Morgan fingerprint density at radius 3 is 0.860 bits per heavy atom. The van der Waals surface area contributed by atoms with Crippen molar-refractivity contribution in [2.75, 3.05) is 26.4 Å². The summed E-state index contributed by atoms with van der Waals surface area (Å²) in [6.45, 7) is 5.87. The number of rotatable bonds is 16. The topological polar surface area (TPSA) is 105 Å². The molecule has 0 atom stereocenters. The zero-order chi connectivity index (χ0) is 30.7. The third kappa shape index (κ3) is 8.52. The lowest BCUT2D eigenvalue weighted by molar-refractivity contribution is 0.247. The summed E-state index contributed by atoms with van der Waals surface area (Å²) >= 11 is 0. The first-order valence-electron chi connectivity index (χ1n) is 14.2. The van der Waals surface area contributed by atoms with Crippen LogP contribution in [0, 0.1) is 0 Å². The van der Waals surface area contributed by atoms with Crippen molar-refractivity contribution in [1.29, 1.82) is 0 Å². The second-order valence-electron chi connectivity index (χ2n) is 9.64. The Balaban J connectivity index is 1.23. The lowest BCUT2D eigenvalue weighted by Gasteiger charge is -2.10. The Morgan fingerprint density at radius 2 is 0.628 bits per heavy atom. The van der Waals surface area contributed by atoms with Crippen molar-refractivity contribution in [2.24, 2.45) is 0 Å². The van der Waals surface area contributed by atoms with E-state index in [-0.39, 0.29) is 19.6 Å². The molecule has 0 saturated heterocycles. The number of ether oxygens (including phenoxy) is 4. The van der Waals surface area contributed by atoms with E-state index in [1.807, 2.05) is 13.8 Å². The van der Waals surface area contributed by atoms with Gasteiger partial charge in [-0.1, -0.05) is 13.8 Å². The second kappa shape index (κ2) is 14.9. The minimum Gasteiger partial charge on any atom is -0.494 e. The monoisotopic (exact) mass is 624 g/mol. The summed E-state index contributed by atoms with van der Waals surface area (Å²) in [5.41, 5.74) is 0. The van der Waals surface area contributed by atoms with E-state index in [0.717, 1.165) is 12.8 Å². The first-order valence-corrected chi connectivity index (χ1v) is 17.1. The molecule has 43 heavy (non-hydrogen) atoms. The lowest BCUT2D eigenvalue weighted by atomic mass is 10.3. The minimum atomic E-state index is -3.66. The van der Waals surface area contributed by atoms with Gasteiger partial charge in [-0.25, -0.2) is 16.8 Å².